The fraction of sp³-hybridized carbons (Fsp3) is 0.200. The minimum absolute atomic E-state index is 0.0709. The summed E-state index contributed by atoms with van der Waals surface area (Å²) in [6, 6.07) is 9.39. The van der Waals surface area contributed by atoms with Crippen molar-refractivity contribution in [3.05, 3.63) is 47.2 Å². The number of carbonyl (C=O) groups excluding carboxylic acids is 1. The molecule has 2 aromatic heterocycles. The van der Waals surface area contributed by atoms with E-state index in [-0.39, 0.29) is 12.2 Å². The standard InChI is InChI=1S/C15H12F2N6O3S/c16-15(17,14(25)26)8-23-7-10(19-22-23)12(24)18-6-11-20-21-13(27-11)9-4-2-1-3-5-9/h1-5,7H,6,8H2,(H,18,24)(H,25,26). The van der Waals surface area contributed by atoms with Crippen LogP contribution in [0.25, 0.3) is 10.6 Å². The highest BCUT2D eigenvalue weighted by molar-refractivity contribution is 7.14. The van der Waals surface area contributed by atoms with Gasteiger partial charge in [-0.2, -0.15) is 8.78 Å². The highest BCUT2D eigenvalue weighted by atomic mass is 32.1. The second kappa shape index (κ2) is 7.53. The predicted molar refractivity (Wildman–Crippen MR) is 89.1 cm³/mol. The van der Waals surface area contributed by atoms with Crippen molar-refractivity contribution in [1.29, 1.82) is 0 Å². The SMILES string of the molecule is O=C(NCc1nnc(-c2ccccc2)s1)c1cn(CC(F)(F)C(=O)O)nn1. The van der Waals surface area contributed by atoms with Crippen molar-refractivity contribution in [1.82, 2.24) is 30.5 Å². The molecule has 0 radical (unpaired) electrons. The lowest BCUT2D eigenvalue weighted by molar-refractivity contribution is -0.167. The Morgan fingerprint density at radius 2 is 1.93 bits per heavy atom. The van der Waals surface area contributed by atoms with Crippen LogP contribution < -0.4 is 5.32 Å². The summed E-state index contributed by atoms with van der Waals surface area (Å²) in [6.45, 7) is -1.15. The highest BCUT2D eigenvalue weighted by Crippen LogP contribution is 2.22. The van der Waals surface area contributed by atoms with Crippen molar-refractivity contribution in [3.63, 3.8) is 0 Å². The molecule has 2 heterocycles. The third-order valence-electron chi connectivity index (χ3n) is 3.33. The van der Waals surface area contributed by atoms with Gasteiger partial charge in [0, 0.05) is 5.56 Å². The van der Waals surface area contributed by atoms with Crippen LogP contribution in [0.3, 0.4) is 0 Å². The average Bonchev–Trinajstić information content (AvgIpc) is 3.29. The summed E-state index contributed by atoms with van der Waals surface area (Å²) in [6.07, 6.45) is 0.946. The average molecular weight is 394 g/mol. The molecule has 27 heavy (non-hydrogen) atoms. The molecule has 1 aromatic carbocycles. The van der Waals surface area contributed by atoms with E-state index in [1.807, 2.05) is 30.3 Å². The van der Waals surface area contributed by atoms with Crippen molar-refractivity contribution >= 4 is 23.2 Å². The van der Waals surface area contributed by atoms with Gasteiger partial charge in [-0.25, -0.2) is 9.48 Å². The summed E-state index contributed by atoms with van der Waals surface area (Å²) < 4.78 is 26.9. The Morgan fingerprint density at radius 3 is 2.63 bits per heavy atom. The largest absolute Gasteiger partial charge is 0.477 e. The Balaban J connectivity index is 1.59. The van der Waals surface area contributed by atoms with Crippen LogP contribution in [0.2, 0.25) is 0 Å². The lowest BCUT2D eigenvalue weighted by Gasteiger charge is -2.09. The first kappa shape index (κ1) is 18.5. The molecule has 3 rings (SSSR count). The number of carboxylic acids is 1. The van der Waals surface area contributed by atoms with E-state index in [9.17, 15) is 18.4 Å². The molecule has 0 fully saturated rings. The third kappa shape index (κ3) is 4.47. The highest BCUT2D eigenvalue weighted by Gasteiger charge is 2.39. The molecule has 0 aliphatic heterocycles. The number of aromatic nitrogens is 5. The van der Waals surface area contributed by atoms with E-state index in [1.54, 1.807) is 0 Å². The van der Waals surface area contributed by atoms with Gasteiger partial charge in [0.25, 0.3) is 5.91 Å². The topological polar surface area (TPSA) is 123 Å². The number of alkyl halides is 2. The van der Waals surface area contributed by atoms with Gasteiger partial charge in [-0.3, -0.25) is 4.79 Å². The van der Waals surface area contributed by atoms with Gasteiger partial charge in [0.2, 0.25) is 0 Å². The summed E-state index contributed by atoms with van der Waals surface area (Å²) in [5.74, 6) is -6.95. The van der Waals surface area contributed by atoms with Gasteiger partial charge in [0.1, 0.15) is 16.6 Å². The Morgan fingerprint density at radius 1 is 1.19 bits per heavy atom. The van der Waals surface area contributed by atoms with Crippen LogP contribution in [-0.2, 0) is 17.9 Å². The molecule has 0 aliphatic rings. The molecular weight excluding hydrogens is 382 g/mol. The minimum Gasteiger partial charge on any atom is -0.477 e. The molecule has 0 saturated heterocycles. The predicted octanol–water partition coefficient (Wildman–Crippen LogP) is 1.45. The number of nitrogens with zero attached hydrogens (tertiary/aromatic N) is 5. The Kier molecular flexibility index (Phi) is 5.16. The van der Waals surface area contributed by atoms with E-state index < -0.39 is 24.3 Å². The first-order chi connectivity index (χ1) is 12.8. The summed E-state index contributed by atoms with van der Waals surface area (Å²) in [5.41, 5.74) is 0.680. The maximum Gasteiger partial charge on any atom is 0.376 e. The van der Waals surface area contributed by atoms with E-state index >= 15 is 0 Å². The Bertz CT molecular complexity index is 959. The normalized spacial score (nSPS) is 11.3. The van der Waals surface area contributed by atoms with Crippen LogP contribution in [0.15, 0.2) is 36.5 Å². The van der Waals surface area contributed by atoms with E-state index in [1.165, 1.54) is 11.3 Å². The van der Waals surface area contributed by atoms with Crippen LogP contribution in [0.1, 0.15) is 15.5 Å². The fourth-order valence-electron chi connectivity index (χ4n) is 2.02. The molecule has 140 valence electrons. The van der Waals surface area contributed by atoms with E-state index in [2.05, 4.69) is 25.8 Å². The molecule has 3 aromatic rings. The molecule has 0 bridgehead atoms. The maximum atomic E-state index is 13.2. The molecular formula is C15H12F2N6O3S. The van der Waals surface area contributed by atoms with Crippen molar-refractivity contribution in [3.8, 4) is 10.6 Å². The molecule has 2 N–H and O–H groups in total. The minimum atomic E-state index is -4.01. The summed E-state index contributed by atoms with van der Waals surface area (Å²) >= 11 is 1.30. The second-order valence-corrected chi connectivity index (χ2v) is 6.42. The van der Waals surface area contributed by atoms with Gasteiger partial charge in [-0.1, -0.05) is 46.9 Å². The van der Waals surface area contributed by atoms with Gasteiger partial charge >= 0.3 is 11.9 Å². The summed E-state index contributed by atoms with van der Waals surface area (Å²) in [4.78, 5) is 22.5. The summed E-state index contributed by atoms with van der Waals surface area (Å²) in [5, 5.41) is 27.0. The van der Waals surface area contributed by atoms with Crippen molar-refractivity contribution in [2.45, 2.75) is 19.0 Å². The van der Waals surface area contributed by atoms with Gasteiger partial charge < -0.3 is 10.4 Å². The fourth-order valence-corrected chi connectivity index (χ4v) is 2.80. The number of rotatable bonds is 7. The van der Waals surface area contributed by atoms with Crippen LogP contribution >= 0.6 is 11.3 Å². The van der Waals surface area contributed by atoms with Gasteiger partial charge in [-0.05, 0) is 0 Å². The van der Waals surface area contributed by atoms with E-state index in [4.69, 9.17) is 5.11 Å². The van der Waals surface area contributed by atoms with E-state index in [0.717, 1.165) is 11.8 Å². The lowest BCUT2D eigenvalue weighted by atomic mass is 10.2. The number of nitrogens with one attached hydrogen (secondary N) is 1. The molecule has 9 nitrogen and oxygen atoms in total. The van der Waals surface area contributed by atoms with Crippen LogP contribution in [0, 0.1) is 0 Å². The molecule has 0 saturated carbocycles. The van der Waals surface area contributed by atoms with Crippen molar-refractivity contribution in [2.24, 2.45) is 0 Å². The molecule has 0 spiro atoms. The quantitative estimate of drug-likeness (QED) is 0.622. The van der Waals surface area contributed by atoms with Crippen molar-refractivity contribution in [2.75, 3.05) is 0 Å². The number of carboxylic acid groups (broad SMARTS) is 1. The maximum absolute atomic E-state index is 13.2. The monoisotopic (exact) mass is 394 g/mol. The van der Waals surface area contributed by atoms with Crippen molar-refractivity contribution < 1.29 is 23.5 Å². The lowest BCUT2D eigenvalue weighted by Crippen LogP contribution is -2.33. The molecule has 0 atom stereocenters. The van der Waals surface area contributed by atoms with Gasteiger partial charge in [0.05, 0.1) is 12.7 Å². The smallest absolute Gasteiger partial charge is 0.376 e. The number of hydrogen-bond acceptors (Lipinski definition) is 7. The van der Waals surface area contributed by atoms with Crippen LogP contribution in [-0.4, -0.2) is 48.1 Å². The second-order valence-electron chi connectivity index (χ2n) is 5.36. The molecule has 0 unspecified atom stereocenters. The van der Waals surface area contributed by atoms with Gasteiger partial charge in [0.15, 0.2) is 5.69 Å². The van der Waals surface area contributed by atoms with Gasteiger partial charge in [-0.15, -0.1) is 15.3 Å². The molecule has 12 heteroatoms. The Labute approximate surface area is 154 Å². The number of carbonyl (C=O) groups is 2. The zero-order valence-electron chi connectivity index (χ0n) is 13.5. The van der Waals surface area contributed by atoms with Crippen LogP contribution in [0.4, 0.5) is 8.78 Å². The first-order valence-electron chi connectivity index (χ1n) is 7.52. The number of hydrogen-bond donors (Lipinski definition) is 2. The van der Waals surface area contributed by atoms with Crippen LogP contribution in [0.5, 0.6) is 0 Å². The number of aliphatic carboxylic acids is 1. The molecule has 1 amide bonds. The zero-order valence-corrected chi connectivity index (χ0v) is 14.4. The summed E-state index contributed by atoms with van der Waals surface area (Å²) in [7, 11) is 0. The third-order valence-corrected chi connectivity index (χ3v) is 4.30. The zero-order chi connectivity index (χ0) is 19.4. The molecule has 0 aliphatic carbocycles. The number of benzene rings is 1. The number of amides is 1. The number of halogens is 2. The van der Waals surface area contributed by atoms with E-state index in [0.29, 0.717) is 14.7 Å². The first-order valence-corrected chi connectivity index (χ1v) is 8.34. The Hall–Kier alpha value is -3.28.